The molecule has 168 valence electrons. The summed E-state index contributed by atoms with van der Waals surface area (Å²) in [5.74, 6) is -0.413. The minimum absolute atomic E-state index is 0.236. The number of benzene rings is 2. The van der Waals surface area contributed by atoms with Crippen LogP contribution in [0.5, 0.6) is 11.5 Å². The van der Waals surface area contributed by atoms with Crippen LogP contribution in [0, 0.1) is 0 Å². The van der Waals surface area contributed by atoms with Gasteiger partial charge in [-0.2, -0.15) is 0 Å². The number of halogens is 1. The second-order valence-corrected chi connectivity index (χ2v) is 8.92. The van der Waals surface area contributed by atoms with Crippen molar-refractivity contribution in [2.24, 2.45) is 0 Å². The number of nitrogens with zero attached hydrogens (tertiary/aromatic N) is 1. The van der Waals surface area contributed by atoms with Gasteiger partial charge in [0.15, 0.2) is 11.5 Å². The number of hydrogen-bond donors (Lipinski definition) is 1. The van der Waals surface area contributed by atoms with Crippen molar-refractivity contribution in [1.82, 2.24) is 4.90 Å². The highest BCUT2D eigenvalue weighted by atomic mass is 35.5. The van der Waals surface area contributed by atoms with Crippen LogP contribution in [0.15, 0.2) is 47.4 Å². The summed E-state index contributed by atoms with van der Waals surface area (Å²) < 4.78 is 11.9. The van der Waals surface area contributed by atoms with Gasteiger partial charge in [0, 0.05) is 10.6 Å². The van der Waals surface area contributed by atoms with E-state index < -0.39 is 17.9 Å². The number of amides is 1. The first-order valence-corrected chi connectivity index (χ1v) is 11.6. The summed E-state index contributed by atoms with van der Waals surface area (Å²) in [4.78, 5) is 25.8. The molecule has 1 saturated heterocycles. The van der Waals surface area contributed by atoms with Crippen molar-refractivity contribution in [3.8, 4) is 11.5 Å². The van der Waals surface area contributed by atoms with Crippen molar-refractivity contribution >= 4 is 57.9 Å². The van der Waals surface area contributed by atoms with Gasteiger partial charge in [0.2, 0.25) is 0 Å². The maximum Gasteiger partial charge on any atom is 0.326 e. The first kappa shape index (κ1) is 24.1. The Kier molecular flexibility index (Phi) is 8.17. The molecular weight excluding hydrogens is 470 g/mol. The predicted molar refractivity (Wildman–Crippen MR) is 130 cm³/mol. The van der Waals surface area contributed by atoms with Gasteiger partial charge in [-0.15, -0.1) is 0 Å². The van der Waals surface area contributed by atoms with E-state index in [1.165, 1.54) is 4.90 Å². The van der Waals surface area contributed by atoms with Gasteiger partial charge in [0.05, 0.1) is 11.5 Å². The molecule has 32 heavy (non-hydrogen) atoms. The third-order valence-electron chi connectivity index (χ3n) is 4.71. The van der Waals surface area contributed by atoms with Gasteiger partial charge in [-0.3, -0.25) is 9.69 Å². The fourth-order valence-electron chi connectivity index (χ4n) is 3.14. The van der Waals surface area contributed by atoms with E-state index in [-0.39, 0.29) is 17.3 Å². The number of thiocarbonyl (C=S) groups is 1. The van der Waals surface area contributed by atoms with E-state index in [0.717, 1.165) is 17.3 Å². The van der Waals surface area contributed by atoms with Crippen LogP contribution < -0.4 is 9.47 Å². The van der Waals surface area contributed by atoms with Crippen LogP contribution in [0.25, 0.3) is 6.08 Å². The highest BCUT2D eigenvalue weighted by molar-refractivity contribution is 8.26. The van der Waals surface area contributed by atoms with Gasteiger partial charge in [-0.25, -0.2) is 4.79 Å². The molecule has 1 aliphatic rings. The minimum atomic E-state index is -1.08. The molecule has 0 radical (unpaired) electrons. The van der Waals surface area contributed by atoms with Gasteiger partial charge in [0.25, 0.3) is 5.91 Å². The molecule has 1 N–H and O–H groups in total. The van der Waals surface area contributed by atoms with Crippen molar-refractivity contribution in [2.75, 3.05) is 6.61 Å². The molecule has 2 aromatic carbocycles. The molecule has 9 heteroatoms. The second kappa shape index (κ2) is 10.8. The third kappa shape index (κ3) is 5.43. The third-order valence-corrected chi connectivity index (χ3v) is 6.41. The summed E-state index contributed by atoms with van der Waals surface area (Å²) >= 11 is 12.5. The van der Waals surface area contributed by atoms with Crippen LogP contribution in [-0.4, -0.2) is 38.9 Å². The summed E-state index contributed by atoms with van der Waals surface area (Å²) in [5, 5.41) is 10.0. The molecule has 1 fully saturated rings. The summed E-state index contributed by atoms with van der Waals surface area (Å²) in [6, 6.07) is 11.8. The lowest BCUT2D eigenvalue weighted by Crippen LogP contribution is -2.43. The smallest absolute Gasteiger partial charge is 0.326 e. The molecule has 0 aromatic heterocycles. The van der Waals surface area contributed by atoms with Crippen LogP contribution in [0.4, 0.5) is 0 Å². The largest absolute Gasteiger partial charge is 0.490 e. The van der Waals surface area contributed by atoms with Crippen molar-refractivity contribution in [2.45, 2.75) is 32.9 Å². The van der Waals surface area contributed by atoms with Gasteiger partial charge < -0.3 is 14.6 Å². The Hall–Kier alpha value is -2.55. The van der Waals surface area contributed by atoms with Crippen LogP contribution in [0.1, 0.15) is 31.4 Å². The van der Waals surface area contributed by atoms with Crippen molar-refractivity contribution in [1.29, 1.82) is 0 Å². The first-order chi connectivity index (χ1) is 15.3. The van der Waals surface area contributed by atoms with Gasteiger partial charge >= 0.3 is 5.97 Å². The molecule has 1 heterocycles. The number of thioether (sulfide) groups is 1. The predicted octanol–water partition coefficient (Wildman–Crippen LogP) is 5.38. The van der Waals surface area contributed by atoms with Crippen LogP contribution in [0.3, 0.4) is 0 Å². The molecule has 1 atom stereocenters. The molecular formula is C23H22ClNO5S2. The lowest BCUT2D eigenvalue weighted by atomic mass is 10.1. The fraction of sp³-hybridized carbons (Fsp3) is 0.261. The van der Waals surface area contributed by atoms with Crippen LogP contribution >= 0.6 is 35.6 Å². The van der Waals surface area contributed by atoms with Crippen molar-refractivity contribution < 1.29 is 24.2 Å². The average molecular weight is 492 g/mol. The molecule has 6 nitrogen and oxygen atoms in total. The highest BCUT2D eigenvalue weighted by Gasteiger charge is 2.39. The Morgan fingerprint density at radius 2 is 1.97 bits per heavy atom. The fourth-order valence-corrected chi connectivity index (χ4v) is 4.69. The number of ether oxygens (including phenoxy) is 2. The van der Waals surface area contributed by atoms with Gasteiger partial charge in [-0.1, -0.05) is 66.8 Å². The zero-order valence-corrected chi connectivity index (χ0v) is 19.9. The van der Waals surface area contributed by atoms with E-state index in [9.17, 15) is 14.7 Å². The van der Waals surface area contributed by atoms with E-state index in [4.69, 9.17) is 33.3 Å². The SMILES string of the molecule is CCOc1cc(/C=C2\SC(=S)N([C@H](CC)C(=O)O)C2=O)ccc1OCc1ccccc1Cl. The van der Waals surface area contributed by atoms with E-state index in [1.807, 2.05) is 25.1 Å². The Labute approximate surface area is 201 Å². The minimum Gasteiger partial charge on any atom is -0.490 e. The highest BCUT2D eigenvalue weighted by Crippen LogP contribution is 2.36. The van der Waals surface area contributed by atoms with Gasteiger partial charge in [0.1, 0.15) is 17.0 Å². The molecule has 0 saturated carbocycles. The van der Waals surface area contributed by atoms with E-state index in [0.29, 0.717) is 33.6 Å². The monoisotopic (exact) mass is 491 g/mol. The quantitative estimate of drug-likeness (QED) is 0.372. The summed E-state index contributed by atoms with van der Waals surface area (Å²) in [7, 11) is 0. The number of hydrogen-bond acceptors (Lipinski definition) is 6. The average Bonchev–Trinajstić information content (AvgIpc) is 3.02. The Morgan fingerprint density at radius 1 is 1.22 bits per heavy atom. The summed E-state index contributed by atoms with van der Waals surface area (Å²) in [6.07, 6.45) is 1.94. The first-order valence-electron chi connectivity index (χ1n) is 9.98. The number of carboxylic acids is 1. The topological polar surface area (TPSA) is 76.1 Å². The second-order valence-electron chi connectivity index (χ2n) is 6.83. The maximum atomic E-state index is 12.8. The number of carbonyl (C=O) groups is 2. The Morgan fingerprint density at radius 3 is 2.62 bits per heavy atom. The van der Waals surface area contributed by atoms with E-state index in [1.54, 1.807) is 37.3 Å². The molecule has 0 bridgehead atoms. The van der Waals surface area contributed by atoms with Crippen molar-refractivity contribution in [3.05, 3.63) is 63.5 Å². The molecule has 1 aliphatic heterocycles. The molecule has 1 amide bonds. The van der Waals surface area contributed by atoms with Crippen molar-refractivity contribution in [3.63, 3.8) is 0 Å². The number of carboxylic acid groups (broad SMARTS) is 1. The molecule has 0 unspecified atom stereocenters. The zero-order chi connectivity index (χ0) is 23.3. The summed E-state index contributed by atoms with van der Waals surface area (Å²) in [6.45, 7) is 4.29. The number of aliphatic carboxylic acids is 1. The van der Waals surface area contributed by atoms with Crippen LogP contribution in [0.2, 0.25) is 5.02 Å². The van der Waals surface area contributed by atoms with Crippen LogP contribution in [-0.2, 0) is 16.2 Å². The van der Waals surface area contributed by atoms with Gasteiger partial charge in [-0.05, 0) is 43.2 Å². The maximum absolute atomic E-state index is 12.8. The zero-order valence-electron chi connectivity index (χ0n) is 17.5. The Bertz CT molecular complexity index is 1070. The molecule has 0 aliphatic carbocycles. The lowest BCUT2D eigenvalue weighted by molar-refractivity contribution is -0.145. The molecule has 2 aromatic rings. The number of carbonyl (C=O) groups excluding carboxylic acids is 1. The molecule has 3 rings (SSSR count). The van der Waals surface area contributed by atoms with E-state index in [2.05, 4.69) is 0 Å². The Balaban J connectivity index is 1.83. The lowest BCUT2D eigenvalue weighted by Gasteiger charge is -2.21. The number of rotatable bonds is 9. The normalized spacial score (nSPS) is 15.8. The standard InChI is InChI=1S/C23H22ClNO5S2/c1-3-17(22(27)28)25-21(26)20(32-23(25)31)12-14-9-10-18(19(11-14)29-4-2)30-13-15-7-5-6-8-16(15)24/h5-12,17H,3-4,13H2,1-2H3,(H,27,28)/b20-12-/t17-/m1/s1. The molecule has 0 spiro atoms. The summed E-state index contributed by atoms with van der Waals surface area (Å²) in [5.41, 5.74) is 1.57. The van der Waals surface area contributed by atoms with E-state index >= 15 is 0 Å².